The summed E-state index contributed by atoms with van der Waals surface area (Å²) in [5.41, 5.74) is 0.625. The van der Waals surface area contributed by atoms with Crippen molar-refractivity contribution < 1.29 is 19.0 Å². The molecule has 1 aliphatic heterocycles. The molecule has 1 heterocycles. The molecule has 1 aliphatic rings. The van der Waals surface area contributed by atoms with Crippen molar-refractivity contribution in [3.05, 3.63) is 23.8 Å². The van der Waals surface area contributed by atoms with Gasteiger partial charge in [-0.3, -0.25) is 9.69 Å². The number of methoxy groups -OCH3 is 1. The second-order valence-corrected chi connectivity index (χ2v) is 5.79. The predicted octanol–water partition coefficient (Wildman–Crippen LogP) is 2.39. The minimum Gasteiger partial charge on any atom is -0.493 e. The summed E-state index contributed by atoms with van der Waals surface area (Å²) >= 11 is 0. The van der Waals surface area contributed by atoms with Gasteiger partial charge >= 0.3 is 0 Å². The lowest BCUT2D eigenvalue weighted by atomic mass is 10.1. The third kappa shape index (κ3) is 4.45. The van der Waals surface area contributed by atoms with Gasteiger partial charge in [0, 0.05) is 25.2 Å². The van der Waals surface area contributed by atoms with Crippen LogP contribution >= 0.6 is 0 Å². The van der Waals surface area contributed by atoms with Crippen LogP contribution in [0.5, 0.6) is 11.5 Å². The van der Waals surface area contributed by atoms with Gasteiger partial charge in [0.05, 0.1) is 19.3 Å². The van der Waals surface area contributed by atoms with E-state index in [1.807, 2.05) is 0 Å². The van der Waals surface area contributed by atoms with Crippen molar-refractivity contribution in [2.45, 2.75) is 33.0 Å². The molecule has 5 heteroatoms. The van der Waals surface area contributed by atoms with Crippen molar-refractivity contribution in [3.8, 4) is 11.5 Å². The number of rotatable bonds is 6. The Balaban J connectivity index is 1.90. The maximum atomic E-state index is 11.4. The molecule has 122 valence electrons. The molecule has 0 spiro atoms. The van der Waals surface area contributed by atoms with Gasteiger partial charge < -0.3 is 14.2 Å². The number of carbonyl (C=O) groups excluding carboxylic acids is 1. The van der Waals surface area contributed by atoms with Crippen LogP contribution in [0.1, 0.15) is 31.1 Å². The number of Topliss-reactive ketones (excluding diaryl/α,β-unsaturated/α-hetero) is 1. The zero-order valence-electron chi connectivity index (χ0n) is 13.8. The first-order valence-electron chi connectivity index (χ1n) is 7.69. The highest BCUT2D eigenvalue weighted by molar-refractivity contribution is 5.94. The van der Waals surface area contributed by atoms with Crippen LogP contribution in [0.4, 0.5) is 0 Å². The Kier molecular flexibility index (Phi) is 5.80. The lowest BCUT2D eigenvalue weighted by molar-refractivity contribution is -0.0699. The van der Waals surface area contributed by atoms with Crippen LogP contribution in [0, 0.1) is 0 Å². The average Bonchev–Trinajstić information content (AvgIpc) is 2.46. The minimum absolute atomic E-state index is 0.0149. The zero-order chi connectivity index (χ0) is 16.1. The van der Waals surface area contributed by atoms with E-state index < -0.39 is 0 Å². The normalized spacial score (nSPS) is 22.4. The van der Waals surface area contributed by atoms with Gasteiger partial charge in [-0.1, -0.05) is 0 Å². The van der Waals surface area contributed by atoms with E-state index in [0.29, 0.717) is 23.7 Å². The van der Waals surface area contributed by atoms with E-state index in [9.17, 15) is 4.79 Å². The summed E-state index contributed by atoms with van der Waals surface area (Å²) in [5.74, 6) is 1.28. The molecule has 0 unspecified atom stereocenters. The summed E-state index contributed by atoms with van der Waals surface area (Å²) in [6.45, 7) is 8.99. The Labute approximate surface area is 132 Å². The molecule has 1 aromatic carbocycles. The van der Waals surface area contributed by atoms with Gasteiger partial charge in [0.2, 0.25) is 0 Å². The molecule has 0 aliphatic carbocycles. The summed E-state index contributed by atoms with van der Waals surface area (Å²) in [6, 6.07) is 5.27. The maximum absolute atomic E-state index is 11.4. The first-order chi connectivity index (χ1) is 10.5. The molecular formula is C17H25NO4. The second kappa shape index (κ2) is 7.61. The predicted molar refractivity (Wildman–Crippen MR) is 84.9 cm³/mol. The zero-order valence-corrected chi connectivity index (χ0v) is 13.8. The van der Waals surface area contributed by atoms with E-state index >= 15 is 0 Å². The number of benzene rings is 1. The third-order valence-corrected chi connectivity index (χ3v) is 3.73. The van der Waals surface area contributed by atoms with Gasteiger partial charge in [-0.2, -0.15) is 0 Å². The van der Waals surface area contributed by atoms with E-state index in [-0.39, 0.29) is 18.0 Å². The van der Waals surface area contributed by atoms with E-state index in [1.54, 1.807) is 25.3 Å². The molecule has 0 radical (unpaired) electrons. The van der Waals surface area contributed by atoms with E-state index in [4.69, 9.17) is 14.2 Å². The number of nitrogens with zero attached hydrogens (tertiary/aromatic N) is 1. The fraction of sp³-hybridized carbons (Fsp3) is 0.588. The lowest BCUT2D eigenvalue weighted by Gasteiger charge is -2.35. The summed E-state index contributed by atoms with van der Waals surface area (Å²) in [4.78, 5) is 13.7. The average molecular weight is 307 g/mol. The molecule has 0 aromatic heterocycles. The van der Waals surface area contributed by atoms with Crippen LogP contribution in [0.25, 0.3) is 0 Å². The Morgan fingerprint density at radius 2 is 1.95 bits per heavy atom. The quantitative estimate of drug-likeness (QED) is 0.755. The maximum Gasteiger partial charge on any atom is 0.161 e. The summed E-state index contributed by atoms with van der Waals surface area (Å²) < 4.78 is 16.8. The molecule has 1 aromatic rings. The van der Waals surface area contributed by atoms with Gasteiger partial charge in [0.1, 0.15) is 6.61 Å². The Morgan fingerprint density at radius 3 is 2.55 bits per heavy atom. The minimum atomic E-state index is 0.0149. The van der Waals surface area contributed by atoms with Crippen molar-refractivity contribution in [3.63, 3.8) is 0 Å². The van der Waals surface area contributed by atoms with Crippen LogP contribution in [-0.4, -0.2) is 56.2 Å². The van der Waals surface area contributed by atoms with E-state index in [2.05, 4.69) is 18.7 Å². The smallest absolute Gasteiger partial charge is 0.161 e. The largest absolute Gasteiger partial charge is 0.493 e. The fourth-order valence-corrected chi connectivity index (χ4v) is 2.76. The topological polar surface area (TPSA) is 48.0 Å². The van der Waals surface area contributed by atoms with Crippen molar-refractivity contribution >= 4 is 5.78 Å². The first-order valence-corrected chi connectivity index (χ1v) is 7.69. The van der Waals surface area contributed by atoms with Crippen molar-refractivity contribution in [1.29, 1.82) is 0 Å². The molecule has 0 N–H and O–H groups in total. The molecule has 22 heavy (non-hydrogen) atoms. The lowest BCUT2D eigenvalue weighted by Crippen LogP contribution is -2.46. The molecule has 0 bridgehead atoms. The van der Waals surface area contributed by atoms with Crippen LogP contribution in [0.2, 0.25) is 0 Å². The van der Waals surface area contributed by atoms with E-state index in [0.717, 1.165) is 19.6 Å². The number of carbonyl (C=O) groups is 1. The molecule has 0 saturated carbocycles. The number of ether oxygens (including phenoxy) is 3. The Hall–Kier alpha value is -1.59. The van der Waals surface area contributed by atoms with Crippen LogP contribution in [0.3, 0.4) is 0 Å². The highest BCUT2D eigenvalue weighted by atomic mass is 16.5. The standard InChI is InChI=1S/C17H25NO4/c1-12-10-18(11-13(2)22-12)7-8-21-16-6-5-15(14(3)19)9-17(16)20-4/h5-6,9,12-13H,7-8,10-11H2,1-4H3/t12-,13-/m0/s1. The van der Waals surface area contributed by atoms with Crippen LogP contribution in [0.15, 0.2) is 18.2 Å². The van der Waals surface area contributed by atoms with Gasteiger partial charge in [0.15, 0.2) is 17.3 Å². The molecular weight excluding hydrogens is 282 g/mol. The number of ketones is 1. The highest BCUT2D eigenvalue weighted by Crippen LogP contribution is 2.28. The van der Waals surface area contributed by atoms with Crippen molar-refractivity contribution in [2.24, 2.45) is 0 Å². The number of morpholine rings is 1. The molecule has 1 fully saturated rings. The van der Waals surface area contributed by atoms with Crippen molar-refractivity contribution in [2.75, 3.05) is 33.4 Å². The summed E-state index contributed by atoms with van der Waals surface area (Å²) in [7, 11) is 1.58. The second-order valence-electron chi connectivity index (χ2n) is 5.79. The van der Waals surface area contributed by atoms with Gasteiger partial charge in [-0.15, -0.1) is 0 Å². The Bertz CT molecular complexity index is 507. The van der Waals surface area contributed by atoms with Crippen molar-refractivity contribution in [1.82, 2.24) is 4.90 Å². The molecule has 5 nitrogen and oxygen atoms in total. The fourth-order valence-electron chi connectivity index (χ4n) is 2.76. The van der Waals surface area contributed by atoms with Crippen LogP contribution in [-0.2, 0) is 4.74 Å². The van der Waals surface area contributed by atoms with Gasteiger partial charge in [0.25, 0.3) is 0 Å². The Morgan fingerprint density at radius 1 is 1.27 bits per heavy atom. The number of hydrogen-bond acceptors (Lipinski definition) is 5. The molecule has 0 amide bonds. The molecule has 2 rings (SSSR count). The molecule has 2 atom stereocenters. The van der Waals surface area contributed by atoms with Crippen LogP contribution < -0.4 is 9.47 Å². The number of hydrogen-bond donors (Lipinski definition) is 0. The highest BCUT2D eigenvalue weighted by Gasteiger charge is 2.21. The van der Waals surface area contributed by atoms with Gasteiger partial charge in [-0.25, -0.2) is 0 Å². The summed E-state index contributed by atoms with van der Waals surface area (Å²) in [6.07, 6.45) is 0.515. The summed E-state index contributed by atoms with van der Waals surface area (Å²) in [5, 5.41) is 0. The first kappa shape index (κ1) is 16.8. The van der Waals surface area contributed by atoms with Gasteiger partial charge in [-0.05, 0) is 39.0 Å². The molecule has 1 saturated heterocycles. The SMILES string of the molecule is COc1cc(C(C)=O)ccc1OCCN1C[C@H](C)O[C@@H](C)C1. The van der Waals surface area contributed by atoms with E-state index in [1.165, 1.54) is 6.92 Å². The third-order valence-electron chi connectivity index (χ3n) is 3.73. The monoisotopic (exact) mass is 307 g/mol.